The first kappa shape index (κ1) is 48.7. The molecule has 4 fully saturated rings. The van der Waals surface area contributed by atoms with Crippen LogP contribution in [0.2, 0.25) is 10.0 Å². The van der Waals surface area contributed by atoms with E-state index in [9.17, 15) is 29.4 Å². The lowest BCUT2D eigenvalue weighted by molar-refractivity contribution is -0.137. The van der Waals surface area contributed by atoms with E-state index in [1.807, 2.05) is 6.08 Å². The van der Waals surface area contributed by atoms with Gasteiger partial charge in [-0.05, 0) is 170 Å². The maximum absolute atomic E-state index is 13.2. The molecule has 0 radical (unpaired) electrons. The van der Waals surface area contributed by atoms with Crippen molar-refractivity contribution in [3.8, 4) is 11.5 Å². The van der Waals surface area contributed by atoms with E-state index in [0.29, 0.717) is 45.8 Å². The average Bonchev–Trinajstić information content (AvgIpc) is 3.58. The Labute approximate surface area is 384 Å². The van der Waals surface area contributed by atoms with Gasteiger partial charge in [0, 0.05) is 13.1 Å². The summed E-state index contributed by atoms with van der Waals surface area (Å²) in [6.07, 6.45) is 18.8. The van der Waals surface area contributed by atoms with Gasteiger partial charge in [0.2, 0.25) is 0 Å². The van der Waals surface area contributed by atoms with Crippen LogP contribution in [0, 0.1) is 58.2 Å². The molecule has 2 aromatic carbocycles. The summed E-state index contributed by atoms with van der Waals surface area (Å²) in [7, 11) is 0. The summed E-state index contributed by atoms with van der Waals surface area (Å²) in [6, 6.07) is 5.97. The number of carboxylic acid groups (broad SMARTS) is 2. The molecular weight excluding hydrogens is 839 g/mol. The number of aromatic hydroxyl groups is 2. The molecule has 0 bridgehead atoms. The van der Waals surface area contributed by atoms with Crippen molar-refractivity contribution in [2.45, 2.75) is 137 Å². The molecule has 10 nitrogen and oxygen atoms in total. The number of phenols is 2. The van der Waals surface area contributed by atoms with Gasteiger partial charge in [0.25, 0.3) is 11.8 Å². The number of halogens is 2. The number of carboxylic acids is 2. The first-order chi connectivity index (χ1) is 29.8. The van der Waals surface area contributed by atoms with Gasteiger partial charge >= 0.3 is 11.9 Å². The summed E-state index contributed by atoms with van der Waals surface area (Å²) in [4.78, 5) is 48.7. The molecule has 12 heteroatoms. The van der Waals surface area contributed by atoms with Gasteiger partial charge in [-0.1, -0.05) is 83.2 Å². The minimum absolute atomic E-state index is 0.104. The highest BCUT2D eigenvalue weighted by Crippen LogP contribution is 2.69. The van der Waals surface area contributed by atoms with Gasteiger partial charge in [0.1, 0.15) is 11.5 Å². The molecule has 6 N–H and O–H groups in total. The Balaban J connectivity index is 1.21. The van der Waals surface area contributed by atoms with Gasteiger partial charge in [-0.15, -0.1) is 0 Å². The predicted molar refractivity (Wildman–Crippen MR) is 248 cm³/mol. The number of phenolic OH excluding ortho intramolecular Hbond substituents is 2. The molecule has 4 aliphatic rings. The van der Waals surface area contributed by atoms with E-state index in [2.05, 4.69) is 45.3 Å². The summed E-state index contributed by atoms with van der Waals surface area (Å²) >= 11 is 13.1. The van der Waals surface area contributed by atoms with Gasteiger partial charge in [0.15, 0.2) is 0 Å². The summed E-state index contributed by atoms with van der Waals surface area (Å²) in [5.41, 5.74) is 1.98. The van der Waals surface area contributed by atoms with Crippen molar-refractivity contribution in [3.63, 3.8) is 0 Å². The zero-order chi connectivity index (χ0) is 45.8. The number of benzene rings is 2. The fourth-order valence-electron chi connectivity index (χ4n) is 13.1. The van der Waals surface area contributed by atoms with E-state index in [-0.39, 0.29) is 47.1 Å². The monoisotopic (exact) mass is 908 g/mol. The highest BCUT2D eigenvalue weighted by molar-refractivity contribution is 6.33. The van der Waals surface area contributed by atoms with Crippen LogP contribution in [0.5, 0.6) is 11.5 Å². The van der Waals surface area contributed by atoms with Crippen LogP contribution in [0.4, 0.5) is 0 Å². The molecule has 63 heavy (non-hydrogen) atoms. The molecule has 0 heterocycles. The third kappa shape index (κ3) is 10.9. The Morgan fingerprint density at radius 1 is 0.746 bits per heavy atom. The van der Waals surface area contributed by atoms with Crippen LogP contribution in [0.25, 0.3) is 5.57 Å². The lowest BCUT2D eigenvalue weighted by Crippen LogP contribution is -2.53. The molecule has 9 atom stereocenters. The van der Waals surface area contributed by atoms with Crippen molar-refractivity contribution in [1.82, 2.24) is 10.6 Å². The lowest BCUT2D eigenvalue weighted by Gasteiger charge is -2.61. The number of amides is 2. The van der Waals surface area contributed by atoms with Crippen molar-refractivity contribution in [2.24, 2.45) is 58.2 Å². The number of carbonyl (C=O) groups excluding carboxylic acids is 2. The number of allylic oxidation sites excluding steroid dienone is 1. The third-order valence-corrected chi connectivity index (χ3v) is 17.0. The van der Waals surface area contributed by atoms with Crippen LogP contribution < -0.4 is 10.6 Å². The zero-order valence-electron chi connectivity index (χ0n) is 37.9. The molecule has 0 unspecified atom stereocenters. The fourth-order valence-corrected chi connectivity index (χ4v) is 13.5. The molecule has 2 aromatic rings. The first-order valence-corrected chi connectivity index (χ1v) is 24.3. The number of nitrogens with one attached hydrogen (secondary N) is 2. The van der Waals surface area contributed by atoms with Crippen molar-refractivity contribution in [1.29, 1.82) is 0 Å². The van der Waals surface area contributed by atoms with E-state index < -0.39 is 35.3 Å². The minimum Gasteiger partial charge on any atom is -0.506 e. The smallest absolute Gasteiger partial charge is 0.305 e. The molecule has 0 aromatic heterocycles. The van der Waals surface area contributed by atoms with Crippen LogP contribution in [-0.2, 0) is 9.59 Å². The zero-order valence-corrected chi connectivity index (χ0v) is 39.4. The van der Waals surface area contributed by atoms with Crippen molar-refractivity contribution >= 4 is 52.5 Å². The number of carbonyl (C=O) groups is 4. The number of hydrogen-bond donors (Lipinski definition) is 6. The SMILES string of the molecule is CC(C)CCC[C@@H](C)[C@H]1CC[C@H]2[C@@H]3CC[C@H]4C[C@@H](CCC=C(c5cc(Cl)c(O)c(C(=O)NCCC(=O)O)c5)c5cc(Cl)c(O)c(C(=O)NCCC(=O)O)c5)CC[C@]4(C)[C@H]3CC[C@]12C. The molecule has 4 aliphatic carbocycles. The Morgan fingerprint density at radius 2 is 1.30 bits per heavy atom. The first-order valence-electron chi connectivity index (χ1n) is 23.6. The van der Waals surface area contributed by atoms with Gasteiger partial charge < -0.3 is 31.1 Å². The number of fused-ring (bicyclic) bond motifs is 5. The molecule has 2 amide bonds. The van der Waals surface area contributed by atoms with E-state index in [0.717, 1.165) is 48.3 Å². The van der Waals surface area contributed by atoms with Crippen molar-refractivity contribution < 1.29 is 39.6 Å². The second-order valence-corrected chi connectivity index (χ2v) is 21.3. The predicted octanol–water partition coefficient (Wildman–Crippen LogP) is 11.8. The number of hydrogen-bond acceptors (Lipinski definition) is 6. The largest absolute Gasteiger partial charge is 0.506 e. The number of rotatable bonds is 18. The quantitative estimate of drug-likeness (QED) is 0.0857. The Bertz CT molecular complexity index is 1960. The topological polar surface area (TPSA) is 173 Å². The Kier molecular flexibility index (Phi) is 15.9. The minimum atomic E-state index is -1.09. The highest BCUT2D eigenvalue weighted by Gasteiger charge is 2.60. The average molecular weight is 910 g/mol. The summed E-state index contributed by atoms with van der Waals surface area (Å²) < 4.78 is 0. The van der Waals surface area contributed by atoms with Crippen LogP contribution in [0.1, 0.15) is 169 Å². The number of aliphatic carboxylic acids is 2. The molecule has 0 aliphatic heterocycles. The molecule has 346 valence electrons. The van der Waals surface area contributed by atoms with Crippen LogP contribution >= 0.6 is 23.2 Å². The van der Waals surface area contributed by atoms with Crippen molar-refractivity contribution in [3.05, 3.63) is 62.6 Å². The Morgan fingerprint density at radius 3 is 1.86 bits per heavy atom. The Hall–Kier alpha value is -3.76. The highest BCUT2D eigenvalue weighted by atomic mass is 35.5. The second-order valence-electron chi connectivity index (χ2n) is 20.5. The maximum atomic E-state index is 13.2. The van der Waals surface area contributed by atoms with Gasteiger partial charge in [-0.2, -0.15) is 0 Å². The molecule has 0 spiro atoms. The summed E-state index contributed by atoms with van der Waals surface area (Å²) in [5.74, 6) is 1.61. The summed E-state index contributed by atoms with van der Waals surface area (Å²) in [5, 5.41) is 44.7. The lowest BCUT2D eigenvalue weighted by atomic mass is 9.44. The van der Waals surface area contributed by atoms with Crippen LogP contribution in [0.3, 0.4) is 0 Å². The van der Waals surface area contributed by atoms with Crippen LogP contribution in [-0.4, -0.2) is 57.3 Å². The normalized spacial score (nSPS) is 28.0. The van der Waals surface area contributed by atoms with E-state index in [4.69, 9.17) is 33.4 Å². The van der Waals surface area contributed by atoms with E-state index in [1.165, 1.54) is 94.9 Å². The van der Waals surface area contributed by atoms with Crippen molar-refractivity contribution in [2.75, 3.05) is 13.1 Å². The third-order valence-electron chi connectivity index (χ3n) is 16.4. The molecule has 0 saturated heterocycles. The van der Waals surface area contributed by atoms with Gasteiger partial charge in [-0.3, -0.25) is 19.2 Å². The van der Waals surface area contributed by atoms with Crippen LogP contribution in [0.15, 0.2) is 30.3 Å². The van der Waals surface area contributed by atoms with Gasteiger partial charge in [0.05, 0.1) is 34.0 Å². The summed E-state index contributed by atoms with van der Waals surface area (Å²) in [6.45, 7) is 12.2. The second kappa shape index (κ2) is 20.6. The standard InChI is InChI=1S/C51H70Cl2N2O8/c1-29(2)8-6-9-30(3)39-14-15-40-36-13-12-34-24-31(16-20-50(34,4)41(36)17-21-51(39,40)5)10-7-11-35(32-25-37(46(60)42(52)27-32)48(62)54-22-18-44(56)57)33-26-38(47(61)43(53)28-33)49(63)55-23-19-45(58)59/h11,25-31,34,36,39-41,60-61H,6-10,12-24H2,1-5H3,(H,54,62)(H,55,63)(H,56,57)(H,58,59)/t30-,31+,34+,36+,39-,40+,41+,50+,51-/m1/s1. The fraction of sp³-hybridized carbons (Fsp3) is 0.647. The van der Waals surface area contributed by atoms with Gasteiger partial charge in [-0.25, -0.2) is 0 Å². The van der Waals surface area contributed by atoms with E-state index in [1.54, 1.807) is 0 Å². The van der Waals surface area contributed by atoms with E-state index >= 15 is 0 Å². The molecule has 6 rings (SSSR count). The molecule has 4 saturated carbocycles. The maximum Gasteiger partial charge on any atom is 0.305 e. The molecular formula is C51H70Cl2N2O8.